The van der Waals surface area contributed by atoms with Gasteiger partial charge in [-0.3, -0.25) is 9.48 Å². The van der Waals surface area contributed by atoms with E-state index < -0.39 is 10.0 Å². The molecule has 9 heteroatoms. The molecule has 0 aromatic carbocycles. The molecule has 1 aliphatic heterocycles. The lowest BCUT2D eigenvalue weighted by atomic mass is 9.99. The van der Waals surface area contributed by atoms with Crippen molar-refractivity contribution >= 4 is 15.9 Å². The van der Waals surface area contributed by atoms with E-state index in [0.717, 1.165) is 0 Å². The molecule has 0 bridgehead atoms. The van der Waals surface area contributed by atoms with Gasteiger partial charge in [0.15, 0.2) is 0 Å². The predicted octanol–water partition coefficient (Wildman–Crippen LogP) is 1.04. The number of aromatic nitrogens is 2. The highest BCUT2D eigenvalue weighted by molar-refractivity contribution is 7.89. The van der Waals surface area contributed by atoms with Crippen LogP contribution in [0.4, 0.5) is 0 Å². The van der Waals surface area contributed by atoms with Crippen LogP contribution in [0.15, 0.2) is 33.9 Å². The Labute approximate surface area is 146 Å². The zero-order valence-electron chi connectivity index (χ0n) is 14.3. The fourth-order valence-corrected chi connectivity index (χ4v) is 4.69. The van der Waals surface area contributed by atoms with Crippen molar-refractivity contribution in [2.24, 2.45) is 13.0 Å². The van der Waals surface area contributed by atoms with E-state index in [1.54, 1.807) is 32.4 Å². The van der Waals surface area contributed by atoms with Gasteiger partial charge in [-0.2, -0.15) is 9.40 Å². The summed E-state index contributed by atoms with van der Waals surface area (Å²) in [5.41, 5.74) is 0.587. The van der Waals surface area contributed by atoms with Gasteiger partial charge in [0.1, 0.15) is 10.7 Å². The van der Waals surface area contributed by atoms with Gasteiger partial charge in [0, 0.05) is 20.1 Å². The molecule has 2 aromatic heterocycles. The Morgan fingerprint density at radius 3 is 2.92 bits per heavy atom. The third-order valence-electron chi connectivity index (χ3n) is 4.58. The topological polar surface area (TPSA) is 97.4 Å². The van der Waals surface area contributed by atoms with Gasteiger partial charge in [-0.1, -0.05) is 0 Å². The maximum atomic E-state index is 12.9. The molecule has 2 aromatic rings. The standard InChI is InChI=1S/C16H22N4O4S/c1-12-15(10-18-19(12)2)25(22,23)20-7-3-5-13(11-20)16(21)17-9-14-6-4-8-24-14/h4,6,8,10,13H,3,5,7,9,11H2,1-2H3,(H,17,21)/t13-/m1/s1. The number of aryl methyl sites for hydroxylation is 1. The first kappa shape index (κ1) is 17.7. The lowest BCUT2D eigenvalue weighted by Gasteiger charge is -2.31. The van der Waals surface area contributed by atoms with Crippen molar-refractivity contribution in [3.05, 3.63) is 36.0 Å². The molecule has 0 spiro atoms. The molecule has 1 aliphatic rings. The van der Waals surface area contributed by atoms with E-state index in [9.17, 15) is 13.2 Å². The van der Waals surface area contributed by atoms with E-state index in [2.05, 4.69) is 10.4 Å². The van der Waals surface area contributed by atoms with Gasteiger partial charge in [-0.15, -0.1) is 0 Å². The number of hydrogen-bond donors (Lipinski definition) is 1. The summed E-state index contributed by atoms with van der Waals surface area (Å²) in [5, 5.41) is 6.82. The van der Waals surface area contributed by atoms with Crippen molar-refractivity contribution in [2.75, 3.05) is 13.1 Å². The summed E-state index contributed by atoms with van der Waals surface area (Å²) in [5.74, 6) is 0.147. The van der Waals surface area contributed by atoms with Gasteiger partial charge >= 0.3 is 0 Å². The summed E-state index contributed by atoms with van der Waals surface area (Å²) in [6.45, 7) is 2.62. The van der Waals surface area contributed by atoms with Gasteiger partial charge in [0.05, 0.1) is 30.6 Å². The molecule has 3 rings (SSSR count). The first-order valence-corrected chi connectivity index (χ1v) is 9.62. The third-order valence-corrected chi connectivity index (χ3v) is 6.55. The number of carbonyl (C=O) groups is 1. The monoisotopic (exact) mass is 366 g/mol. The fourth-order valence-electron chi connectivity index (χ4n) is 2.98. The van der Waals surface area contributed by atoms with Crippen molar-refractivity contribution in [2.45, 2.75) is 31.2 Å². The molecule has 1 amide bonds. The molecule has 3 heterocycles. The van der Waals surface area contributed by atoms with Gasteiger partial charge in [-0.05, 0) is 31.9 Å². The number of carbonyl (C=O) groups excluding carboxylic acids is 1. The highest BCUT2D eigenvalue weighted by Gasteiger charge is 2.34. The Bertz CT molecular complexity index is 842. The molecule has 8 nitrogen and oxygen atoms in total. The Morgan fingerprint density at radius 1 is 1.48 bits per heavy atom. The summed E-state index contributed by atoms with van der Waals surface area (Å²) < 4.78 is 33.8. The molecule has 1 N–H and O–H groups in total. The second-order valence-electron chi connectivity index (χ2n) is 6.22. The highest BCUT2D eigenvalue weighted by atomic mass is 32.2. The van der Waals surface area contributed by atoms with Gasteiger partial charge in [-0.25, -0.2) is 8.42 Å². The second-order valence-corrected chi connectivity index (χ2v) is 8.12. The average molecular weight is 366 g/mol. The summed E-state index contributed by atoms with van der Waals surface area (Å²) in [6, 6.07) is 3.54. The van der Waals surface area contributed by atoms with Crippen molar-refractivity contribution in [3.63, 3.8) is 0 Å². The zero-order chi connectivity index (χ0) is 18.0. The van der Waals surface area contributed by atoms with Crippen LogP contribution in [-0.4, -0.2) is 41.5 Å². The highest BCUT2D eigenvalue weighted by Crippen LogP contribution is 2.25. The minimum Gasteiger partial charge on any atom is -0.467 e. The number of hydrogen-bond acceptors (Lipinski definition) is 5. The minimum absolute atomic E-state index is 0.154. The quantitative estimate of drug-likeness (QED) is 0.853. The molecule has 0 aliphatic carbocycles. The summed E-state index contributed by atoms with van der Waals surface area (Å²) in [6.07, 6.45) is 4.23. The van der Waals surface area contributed by atoms with Crippen LogP contribution < -0.4 is 5.32 Å². The van der Waals surface area contributed by atoms with E-state index in [1.807, 2.05) is 0 Å². The van der Waals surface area contributed by atoms with Crippen LogP contribution in [0.25, 0.3) is 0 Å². The first-order chi connectivity index (χ1) is 11.9. The molecule has 1 saturated heterocycles. The van der Waals surface area contributed by atoms with Gasteiger partial charge in [0.25, 0.3) is 0 Å². The van der Waals surface area contributed by atoms with Crippen molar-refractivity contribution in [3.8, 4) is 0 Å². The summed E-state index contributed by atoms with van der Waals surface area (Å²) in [4.78, 5) is 12.6. The molecule has 25 heavy (non-hydrogen) atoms. The normalized spacial score (nSPS) is 19.0. The first-order valence-electron chi connectivity index (χ1n) is 8.18. The molecule has 0 radical (unpaired) electrons. The number of amides is 1. The number of nitrogens with one attached hydrogen (secondary N) is 1. The van der Waals surface area contributed by atoms with E-state index in [4.69, 9.17) is 4.42 Å². The van der Waals surface area contributed by atoms with Crippen LogP contribution in [0.3, 0.4) is 0 Å². The molecule has 136 valence electrons. The zero-order valence-corrected chi connectivity index (χ0v) is 15.1. The summed E-state index contributed by atoms with van der Waals surface area (Å²) >= 11 is 0. The fraction of sp³-hybridized carbons (Fsp3) is 0.500. The van der Waals surface area contributed by atoms with Crippen LogP contribution in [0, 0.1) is 12.8 Å². The molecule has 0 unspecified atom stereocenters. The molecule has 0 saturated carbocycles. The lowest BCUT2D eigenvalue weighted by Crippen LogP contribution is -2.45. The number of sulfonamides is 1. The smallest absolute Gasteiger partial charge is 0.246 e. The Balaban J connectivity index is 1.68. The maximum Gasteiger partial charge on any atom is 0.246 e. The van der Waals surface area contributed by atoms with E-state index in [-0.39, 0.29) is 23.3 Å². The largest absolute Gasteiger partial charge is 0.467 e. The van der Waals surface area contributed by atoms with Crippen LogP contribution in [0.1, 0.15) is 24.3 Å². The SMILES string of the molecule is Cc1c(S(=O)(=O)N2CCC[C@@H](C(=O)NCc3ccco3)C2)cnn1C. The van der Waals surface area contributed by atoms with Crippen molar-refractivity contribution < 1.29 is 17.6 Å². The second kappa shape index (κ2) is 7.01. The van der Waals surface area contributed by atoms with Gasteiger partial charge in [0.2, 0.25) is 15.9 Å². The van der Waals surface area contributed by atoms with Gasteiger partial charge < -0.3 is 9.73 Å². The molecular formula is C16H22N4O4S. The number of rotatable bonds is 5. The van der Waals surface area contributed by atoms with Crippen LogP contribution in [0.5, 0.6) is 0 Å². The van der Waals surface area contributed by atoms with Crippen LogP contribution in [-0.2, 0) is 28.4 Å². The van der Waals surface area contributed by atoms with E-state index in [1.165, 1.54) is 15.2 Å². The Kier molecular flexibility index (Phi) is 4.96. The van der Waals surface area contributed by atoms with Crippen LogP contribution in [0.2, 0.25) is 0 Å². The third kappa shape index (κ3) is 3.62. The number of furan rings is 1. The molecular weight excluding hydrogens is 344 g/mol. The van der Waals surface area contributed by atoms with Crippen molar-refractivity contribution in [1.29, 1.82) is 0 Å². The van der Waals surface area contributed by atoms with E-state index in [0.29, 0.717) is 37.4 Å². The minimum atomic E-state index is -3.64. The molecule has 1 atom stereocenters. The average Bonchev–Trinajstić information content (AvgIpc) is 3.24. The summed E-state index contributed by atoms with van der Waals surface area (Å²) in [7, 11) is -1.94. The maximum absolute atomic E-state index is 12.9. The van der Waals surface area contributed by atoms with E-state index >= 15 is 0 Å². The Morgan fingerprint density at radius 2 is 2.28 bits per heavy atom. The number of piperidine rings is 1. The molecule has 1 fully saturated rings. The number of nitrogens with zero attached hydrogens (tertiary/aromatic N) is 3. The lowest BCUT2D eigenvalue weighted by molar-refractivity contribution is -0.126. The van der Waals surface area contributed by atoms with Crippen LogP contribution >= 0.6 is 0 Å². The Hall–Kier alpha value is -2.13. The van der Waals surface area contributed by atoms with Crippen molar-refractivity contribution in [1.82, 2.24) is 19.4 Å². The predicted molar refractivity (Wildman–Crippen MR) is 90.0 cm³/mol.